The van der Waals surface area contributed by atoms with Crippen molar-refractivity contribution in [2.75, 3.05) is 12.3 Å². The van der Waals surface area contributed by atoms with Gasteiger partial charge in [-0.3, -0.25) is 0 Å². The molecule has 0 aromatic carbocycles. The van der Waals surface area contributed by atoms with Gasteiger partial charge in [0.05, 0.1) is 12.4 Å². The largest absolute Gasteiger partial charge is 0.384 e. The highest BCUT2D eigenvalue weighted by Gasteiger charge is 2.24. The molecule has 1 aliphatic heterocycles. The summed E-state index contributed by atoms with van der Waals surface area (Å²) in [4.78, 5) is 8.22. The molecule has 2 N–H and O–H groups in total. The van der Waals surface area contributed by atoms with Gasteiger partial charge in [0, 0.05) is 31.7 Å². The minimum atomic E-state index is 0.135. The number of imidazole rings is 1. The Balaban J connectivity index is 1.66. The van der Waals surface area contributed by atoms with E-state index in [1.54, 1.807) is 0 Å². The van der Waals surface area contributed by atoms with Gasteiger partial charge in [-0.1, -0.05) is 6.07 Å². The molecule has 2 aromatic heterocycles. The molecule has 2 unspecified atom stereocenters. The van der Waals surface area contributed by atoms with E-state index in [9.17, 15) is 0 Å². The lowest BCUT2D eigenvalue weighted by molar-refractivity contribution is -0.0140. The van der Waals surface area contributed by atoms with E-state index in [2.05, 4.69) is 14.5 Å². The van der Waals surface area contributed by atoms with Crippen molar-refractivity contribution in [3.63, 3.8) is 0 Å². The maximum atomic E-state index is 5.85. The summed E-state index contributed by atoms with van der Waals surface area (Å²) in [6.07, 6.45) is 9.77. The van der Waals surface area contributed by atoms with Crippen molar-refractivity contribution in [2.24, 2.45) is 5.92 Å². The van der Waals surface area contributed by atoms with Crippen LogP contribution in [0.15, 0.2) is 37.1 Å². The fraction of sp³-hybridized carbons (Fsp3) is 0.429. The van der Waals surface area contributed by atoms with Crippen LogP contribution >= 0.6 is 0 Å². The average Bonchev–Trinajstić information content (AvgIpc) is 2.93. The Bertz CT molecular complexity index is 509. The topological polar surface area (TPSA) is 66.0 Å². The molecule has 0 aliphatic carbocycles. The Morgan fingerprint density at radius 1 is 1.42 bits per heavy atom. The summed E-state index contributed by atoms with van der Waals surface area (Å²) in [6, 6.07) is 3.84. The minimum absolute atomic E-state index is 0.135. The molecule has 2 aromatic rings. The SMILES string of the molecule is Nc1ccc(C2CC(Cn3ccnc3)CCO2)cn1. The van der Waals surface area contributed by atoms with Crippen LogP contribution in [-0.4, -0.2) is 21.1 Å². The molecule has 3 rings (SSSR count). The van der Waals surface area contributed by atoms with Gasteiger partial charge in [0.15, 0.2) is 0 Å². The van der Waals surface area contributed by atoms with Crippen molar-refractivity contribution >= 4 is 5.82 Å². The first-order chi connectivity index (χ1) is 9.31. The highest BCUT2D eigenvalue weighted by molar-refractivity contribution is 5.30. The van der Waals surface area contributed by atoms with Crippen LogP contribution in [0.4, 0.5) is 5.82 Å². The van der Waals surface area contributed by atoms with Gasteiger partial charge in [0.25, 0.3) is 0 Å². The van der Waals surface area contributed by atoms with Crippen LogP contribution < -0.4 is 5.73 Å². The maximum absolute atomic E-state index is 5.85. The molecule has 19 heavy (non-hydrogen) atoms. The molecular formula is C14H18N4O. The standard InChI is InChI=1S/C14H18N4O/c15-14-2-1-12(8-17-14)13-7-11(3-6-19-13)9-18-5-4-16-10-18/h1-2,4-5,8,10-11,13H,3,6-7,9H2,(H2,15,17). The van der Waals surface area contributed by atoms with Crippen LogP contribution in [0, 0.1) is 5.92 Å². The Labute approximate surface area is 112 Å². The zero-order valence-corrected chi connectivity index (χ0v) is 10.8. The molecule has 1 fully saturated rings. The number of pyridine rings is 1. The van der Waals surface area contributed by atoms with E-state index in [4.69, 9.17) is 10.5 Å². The second-order valence-electron chi connectivity index (χ2n) is 5.03. The Morgan fingerprint density at radius 3 is 3.11 bits per heavy atom. The molecule has 0 amide bonds. The molecule has 2 atom stereocenters. The molecule has 3 heterocycles. The molecule has 100 valence electrons. The van der Waals surface area contributed by atoms with E-state index in [-0.39, 0.29) is 6.10 Å². The number of nitrogens with zero attached hydrogens (tertiary/aromatic N) is 3. The quantitative estimate of drug-likeness (QED) is 0.914. The van der Waals surface area contributed by atoms with Gasteiger partial charge in [0.1, 0.15) is 5.82 Å². The highest BCUT2D eigenvalue weighted by atomic mass is 16.5. The number of nitrogens with two attached hydrogens (primary N) is 1. The number of anilines is 1. The fourth-order valence-electron chi connectivity index (χ4n) is 2.56. The Kier molecular flexibility index (Phi) is 3.46. The number of nitrogen functional groups attached to an aromatic ring is 1. The first-order valence-corrected chi connectivity index (χ1v) is 6.60. The molecule has 1 aliphatic rings. The van der Waals surface area contributed by atoms with E-state index < -0.39 is 0 Å². The second-order valence-corrected chi connectivity index (χ2v) is 5.03. The molecule has 0 spiro atoms. The van der Waals surface area contributed by atoms with Crippen molar-refractivity contribution in [1.29, 1.82) is 0 Å². The lowest BCUT2D eigenvalue weighted by Crippen LogP contribution is -2.23. The van der Waals surface area contributed by atoms with Gasteiger partial charge in [0.2, 0.25) is 0 Å². The third-order valence-electron chi connectivity index (χ3n) is 3.60. The summed E-state index contributed by atoms with van der Waals surface area (Å²) in [5.41, 5.74) is 6.73. The van der Waals surface area contributed by atoms with Gasteiger partial charge in [-0.2, -0.15) is 0 Å². The van der Waals surface area contributed by atoms with E-state index in [0.717, 1.165) is 31.6 Å². The Hall–Kier alpha value is -1.88. The van der Waals surface area contributed by atoms with Crippen LogP contribution in [0.5, 0.6) is 0 Å². The molecule has 5 heteroatoms. The summed E-state index contributed by atoms with van der Waals surface area (Å²) < 4.78 is 7.98. The first-order valence-electron chi connectivity index (χ1n) is 6.60. The smallest absolute Gasteiger partial charge is 0.123 e. The van der Waals surface area contributed by atoms with E-state index in [1.165, 1.54) is 0 Å². The zero-order chi connectivity index (χ0) is 13.1. The normalized spacial score (nSPS) is 23.4. The monoisotopic (exact) mass is 258 g/mol. The molecule has 0 radical (unpaired) electrons. The van der Waals surface area contributed by atoms with Gasteiger partial charge < -0.3 is 15.0 Å². The predicted octanol–water partition coefficient (Wildman–Crippen LogP) is 2.03. The van der Waals surface area contributed by atoms with Crippen LogP contribution in [0.1, 0.15) is 24.5 Å². The zero-order valence-electron chi connectivity index (χ0n) is 10.8. The highest BCUT2D eigenvalue weighted by Crippen LogP contribution is 2.32. The van der Waals surface area contributed by atoms with Crippen LogP contribution in [0.3, 0.4) is 0 Å². The summed E-state index contributed by atoms with van der Waals surface area (Å²) in [6.45, 7) is 1.80. The van der Waals surface area contributed by atoms with Crippen LogP contribution in [0.2, 0.25) is 0 Å². The number of ether oxygens (including phenoxy) is 1. The summed E-state index contributed by atoms with van der Waals surface area (Å²) in [7, 11) is 0. The predicted molar refractivity (Wildman–Crippen MR) is 72.3 cm³/mol. The molecule has 1 saturated heterocycles. The first kappa shape index (κ1) is 12.2. The van der Waals surface area contributed by atoms with E-state index in [1.807, 2.05) is 37.1 Å². The third-order valence-corrected chi connectivity index (χ3v) is 3.60. The lowest BCUT2D eigenvalue weighted by atomic mass is 9.92. The minimum Gasteiger partial charge on any atom is -0.384 e. The van der Waals surface area contributed by atoms with Crippen molar-refractivity contribution in [3.8, 4) is 0 Å². The Morgan fingerprint density at radius 2 is 2.37 bits per heavy atom. The van der Waals surface area contributed by atoms with Crippen LogP contribution in [-0.2, 0) is 11.3 Å². The fourth-order valence-corrected chi connectivity index (χ4v) is 2.56. The molecule has 5 nitrogen and oxygen atoms in total. The van der Waals surface area contributed by atoms with E-state index in [0.29, 0.717) is 11.7 Å². The number of rotatable bonds is 3. The van der Waals surface area contributed by atoms with Gasteiger partial charge in [-0.25, -0.2) is 9.97 Å². The second kappa shape index (κ2) is 5.40. The maximum Gasteiger partial charge on any atom is 0.123 e. The summed E-state index contributed by atoms with van der Waals surface area (Å²) >= 11 is 0. The van der Waals surface area contributed by atoms with Crippen molar-refractivity contribution in [3.05, 3.63) is 42.6 Å². The van der Waals surface area contributed by atoms with Crippen LogP contribution in [0.25, 0.3) is 0 Å². The van der Waals surface area contributed by atoms with Gasteiger partial charge in [-0.05, 0) is 30.4 Å². The van der Waals surface area contributed by atoms with E-state index >= 15 is 0 Å². The van der Waals surface area contributed by atoms with Crippen molar-refractivity contribution in [1.82, 2.24) is 14.5 Å². The van der Waals surface area contributed by atoms with Gasteiger partial charge in [-0.15, -0.1) is 0 Å². The number of hydrogen-bond donors (Lipinski definition) is 1. The average molecular weight is 258 g/mol. The summed E-state index contributed by atoms with van der Waals surface area (Å²) in [5, 5.41) is 0. The lowest BCUT2D eigenvalue weighted by Gasteiger charge is -2.29. The van der Waals surface area contributed by atoms with Crippen molar-refractivity contribution < 1.29 is 4.74 Å². The summed E-state index contributed by atoms with van der Waals surface area (Å²) in [5.74, 6) is 1.17. The molecule has 0 bridgehead atoms. The van der Waals surface area contributed by atoms with Crippen molar-refractivity contribution in [2.45, 2.75) is 25.5 Å². The number of hydrogen-bond acceptors (Lipinski definition) is 4. The molecule has 0 saturated carbocycles. The number of aromatic nitrogens is 3. The van der Waals surface area contributed by atoms with Gasteiger partial charge >= 0.3 is 0 Å². The molecular weight excluding hydrogens is 240 g/mol. The third kappa shape index (κ3) is 2.93.